The average Bonchev–Trinajstić information content (AvgIpc) is 2.14. The van der Waals surface area contributed by atoms with E-state index in [9.17, 15) is 0 Å². The molecule has 1 aliphatic carbocycles. The van der Waals surface area contributed by atoms with Gasteiger partial charge < -0.3 is 10.5 Å². The third-order valence-electron chi connectivity index (χ3n) is 2.76. The summed E-state index contributed by atoms with van der Waals surface area (Å²) in [5.74, 6) is 1.02. The molecule has 2 nitrogen and oxygen atoms in total. The van der Waals surface area contributed by atoms with Gasteiger partial charge in [0.05, 0.1) is 0 Å². The molecule has 0 atom stereocenters. The standard InChI is InChI=1S/C9H21BN2/c1-11-8-12-10-7-9-5-3-2-4-6-9/h9-12H,2-8H2,1H3. The lowest BCUT2D eigenvalue weighted by Gasteiger charge is -2.20. The zero-order valence-corrected chi connectivity index (χ0v) is 8.23. The van der Waals surface area contributed by atoms with E-state index in [4.69, 9.17) is 0 Å². The van der Waals surface area contributed by atoms with Gasteiger partial charge in [-0.1, -0.05) is 38.4 Å². The van der Waals surface area contributed by atoms with Crippen molar-refractivity contribution in [2.75, 3.05) is 13.7 Å². The molecule has 70 valence electrons. The molecule has 12 heavy (non-hydrogen) atoms. The van der Waals surface area contributed by atoms with E-state index in [1.807, 2.05) is 7.05 Å². The number of hydrogen-bond acceptors (Lipinski definition) is 2. The van der Waals surface area contributed by atoms with Gasteiger partial charge in [-0.05, 0) is 13.0 Å². The van der Waals surface area contributed by atoms with E-state index in [2.05, 4.69) is 10.5 Å². The maximum absolute atomic E-state index is 3.37. The van der Waals surface area contributed by atoms with Crippen LogP contribution in [-0.4, -0.2) is 21.1 Å². The quantitative estimate of drug-likeness (QED) is 0.365. The van der Waals surface area contributed by atoms with Gasteiger partial charge in [0.15, 0.2) is 0 Å². The van der Waals surface area contributed by atoms with Gasteiger partial charge in [-0.3, -0.25) is 0 Å². The molecule has 0 unspecified atom stereocenters. The van der Waals surface area contributed by atoms with Crippen molar-refractivity contribution in [2.24, 2.45) is 5.92 Å². The fraction of sp³-hybridized carbons (Fsp3) is 1.00. The van der Waals surface area contributed by atoms with E-state index < -0.39 is 0 Å². The van der Waals surface area contributed by atoms with Crippen LogP contribution in [0.4, 0.5) is 0 Å². The largest absolute Gasteiger partial charge is 0.347 e. The number of hydrogen-bond donors (Lipinski definition) is 2. The van der Waals surface area contributed by atoms with Gasteiger partial charge >= 0.3 is 0 Å². The Morgan fingerprint density at radius 1 is 1.25 bits per heavy atom. The van der Waals surface area contributed by atoms with Crippen molar-refractivity contribution in [2.45, 2.75) is 38.4 Å². The van der Waals surface area contributed by atoms with Crippen LogP contribution >= 0.6 is 0 Å². The van der Waals surface area contributed by atoms with Crippen LogP contribution in [-0.2, 0) is 0 Å². The van der Waals surface area contributed by atoms with Crippen molar-refractivity contribution in [3.05, 3.63) is 0 Å². The molecule has 0 spiro atoms. The highest BCUT2D eigenvalue weighted by atomic mass is 15.0. The van der Waals surface area contributed by atoms with Gasteiger partial charge in [-0.2, -0.15) is 0 Å². The second kappa shape index (κ2) is 6.50. The van der Waals surface area contributed by atoms with Crippen LogP contribution in [0.1, 0.15) is 32.1 Å². The van der Waals surface area contributed by atoms with Crippen LogP contribution in [0.2, 0.25) is 6.32 Å². The molecule has 2 N–H and O–H groups in total. The number of rotatable bonds is 5. The van der Waals surface area contributed by atoms with Crippen molar-refractivity contribution in [1.29, 1.82) is 0 Å². The first-order valence-corrected chi connectivity index (χ1v) is 5.29. The molecule has 1 rings (SSSR count). The molecule has 3 heteroatoms. The predicted molar refractivity (Wildman–Crippen MR) is 55.6 cm³/mol. The third-order valence-corrected chi connectivity index (χ3v) is 2.76. The van der Waals surface area contributed by atoms with Crippen LogP contribution in [0.15, 0.2) is 0 Å². The zero-order chi connectivity index (χ0) is 8.65. The van der Waals surface area contributed by atoms with E-state index in [1.54, 1.807) is 0 Å². The Morgan fingerprint density at radius 2 is 2.00 bits per heavy atom. The monoisotopic (exact) mass is 168 g/mol. The Balaban J connectivity index is 1.91. The molecule has 0 aromatic rings. The summed E-state index contributed by atoms with van der Waals surface area (Å²) >= 11 is 0. The van der Waals surface area contributed by atoms with Gasteiger partial charge in [0, 0.05) is 6.67 Å². The predicted octanol–water partition coefficient (Wildman–Crippen LogP) is 1.10. The smallest absolute Gasteiger partial charge is 0.202 e. The summed E-state index contributed by atoms with van der Waals surface area (Å²) in [4.78, 5) is 0. The molecule has 0 heterocycles. The van der Waals surface area contributed by atoms with E-state index in [0.29, 0.717) is 0 Å². The Kier molecular flexibility index (Phi) is 5.45. The van der Waals surface area contributed by atoms with Crippen molar-refractivity contribution in [3.8, 4) is 0 Å². The lowest BCUT2D eigenvalue weighted by Crippen LogP contribution is -2.30. The van der Waals surface area contributed by atoms with Gasteiger partial charge in [0.2, 0.25) is 7.41 Å². The first-order chi connectivity index (χ1) is 5.93. The molecule has 0 bridgehead atoms. The first kappa shape index (κ1) is 10.1. The van der Waals surface area contributed by atoms with Crippen LogP contribution in [0, 0.1) is 5.92 Å². The minimum Gasteiger partial charge on any atom is -0.347 e. The molecule has 0 amide bonds. The minimum atomic E-state index is 0.951. The molecule has 0 radical (unpaired) electrons. The Labute approximate surface area is 76.8 Å². The molecular formula is C9H21BN2. The fourth-order valence-electron chi connectivity index (χ4n) is 2.00. The highest BCUT2D eigenvalue weighted by Crippen LogP contribution is 2.25. The summed E-state index contributed by atoms with van der Waals surface area (Å²) in [5, 5.41) is 6.47. The number of nitrogens with one attached hydrogen (secondary N) is 2. The summed E-state index contributed by atoms with van der Waals surface area (Å²) in [6.07, 6.45) is 8.73. The van der Waals surface area contributed by atoms with E-state index in [0.717, 1.165) is 12.6 Å². The molecule has 0 aromatic carbocycles. The third kappa shape index (κ3) is 4.12. The summed E-state index contributed by atoms with van der Waals surface area (Å²) in [7, 11) is 3.17. The Morgan fingerprint density at radius 3 is 2.67 bits per heavy atom. The first-order valence-electron chi connectivity index (χ1n) is 5.29. The maximum atomic E-state index is 3.37. The molecule has 1 saturated carbocycles. The lowest BCUT2D eigenvalue weighted by atomic mass is 9.74. The maximum Gasteiger partial charge on any atom is 0.202 e. The van der Waals surface area contributed by atoms with Crippen molar-refractivity contribution < 1.29 is 0 Å². The Bertz CT molecular complexity index is 103. The van der Waals surface area contributed by atoms with Crippen LogP contribution < -0.4 is 10.5 Å². The van der Waals surface area contributed by atoms with Gasteiger partial charge in [-0.15, -0.1) is 0 Å². The normalized spacial score (nSPS) is 19.4. The van der Waals surface area contributed by atoms with Gasteiger partial charge in [0.1, 0.15) is 0 Å². The molecule has 0 aromatic heterocycles. The van der Waals surface area contributed by atoms with Crippen LogP contribution in [0.25, 0.3) is 0 Å². The highest BCUT2D eigenvalue weighted by Gasteiger charge is 2.12. The average molecular weight is 168 g/mol. The van der Waals surface area contributed by atoms with Crippen LogP contribution in [0.5, 0.6) is 0 Å². The van der Waals surface area contributed by atoms with Crippen molar-refractivity contribution >= 4 is 7.41 Å². The van der Waals surface area contributed by atoms with E-state index in [-0.39, 0.29) is 0 Å². The molecule has 1 aliphatic rings. The molecule has 1 fully saturated rings. The summed E-state index contributed by atoms with van der Waals surface area (Å²) in [6.45, 7) is 0.951. The second-order valence-corrected chi connectivity index (χ2v) is 3.82. The fourth-order valence-corrected chi connectivity index (χ4v) is 2.00. The van der Waals surface area contributed by atoms with Gasteiger partial charge in [0.25, 0.3) is 0 Å². The summed E-state index contributed by atoms with van der Waals surface area (Å²) in [5.41, 5.74) is 0. The summed E-state index contributed by atoms with van der Waals surface area (Å²) in [6, 6.07) is 0. The summed E-state index contributed by atoms with van der Waals surface area (Å²) < 4.78 is 0. The van der Waals surface area contributed by atoms with Crippen LogP contribution in [0.3, 0.4) is 0 Å². The lowest BCUT2D eigenvalue weighted by molar-refractivity contribution is 0.383. The Hall–Kier alpha value is -0.0151. The van der Waals surface area contributed by atoms with E-state index >= 15 is 0 Å². The topological polar surface area (TPSA) is 24.1 Å². The molecule has 0 saturated heterocycles. The van der Waals surface area contributed by atoms with Crippen molar-refractivity contribution in [1.82, 2.24) is 10.5 Å². The zero-order valence-electron chi connectivity index (χ0n) is 8.23. The highest BCUT2D eigenvalue weighted by molar-refractivity contribution is 6.32. The van der Waals surface area contributed by atoms with Gasteiger partial charge in [-0.25, -0.2) is 0 Å². The van der Waals surface area contributed by atoms with Crippen molar-refractivity contribution in [3.63, 3.8) is 0 Å². The SMILES string of the molecule is CNCNBCC1CCCCC1. The molecular weight excluding hydrogens is 147 g/mol. The molecule has 0 aliphatic heterocycles. The van der Waals surface area contributed by atoms with E-state index in [1.165, 1.54) is 45.8 Å². The second-order valence-electron chi connectivity index (χ2n) is 3.82. The minimum absolute atomic E-state index is 0.951.